The summed E-state index contributed by atoms with van der Waals surface area (Å²) in [5.41, 5.74) is 0.229. The Morgan fingerprint density at radius 2 is 1.89 bits per heavy atom. The summed E-state index contributed by atoms with van der Waals surface area (Å²) in [4.78, 5) is 31.5. The van der Waals surface area contributed by atoms with E-state index >= 15 is 0 Å². The molecule has 0 saturated heterocycles. The lowest BCUT2D eigenvalue weighted by Gasteiger charge is -2.18. The minimum absolute atomic E-state index is 0.253. The van der Waals surface area contributed by atoms with E-state index in [1.807, 2.05) is 0 Å². The number of para-hydroxylation sites is 1. The van der Waals surface area contributed by atoms with Gasteiger partial charge in [-0.1, -0.05) is 35.3 Å². The van der Waals surface area contributed by atoms with Crippen LogP contribution in [0.1, 0.15) is 25.8 Å². The monoisotopic (exact) mass is 406 g/mol. The van der Waals surface area contributed by atoms with Crippen molar-refractivity contribution in [3.8, 4) is 5.75 Å². The molecule has 0 radical (unpaired) electrons. The van der Waals surface area contributed by atoms with Gasteiger partial charge in [-0.15, -0.1) is 0 Å². The van der Waals surface area contributed by atoms with Crippen LogP contribution in [-0.2, 0) is 9.53 Å². The molecule has 0 aliphatic rings. The number of carbonyl (C=O) groups is 1. The third kappa shape index (κ3) is 4.40. The number of aromatic nitrogens is 2. The van der Waals surface area contributed by atoms with E-state index in [2.05, 4.69) is 9.97 Å². The molecule has 0 amide bonds. The molecule has 2 atom stereocenters. The Kier molecular flexibility index (Phi) is 5.68. The molecule has 0 bridgehead atoms. The van der Waals surface area contributed by atoms with Crippen LogP contribution in [0.5, 0.6) is 5.75 Å². The molecule has 2 aromatic carbocycles. The highest BCUT2D eigenvalue weighted by molar-refractivity contribution is 6.35. The number of hydrogen-bond acceptors (Lipinski definition) is 5. The zero-order chi connectivity index (χ0) is 19.6. The number of nitrogens with zero attached hydrogens (tertiary/aromatic N) is 1. The summed E-state index contributed by atoms with van der Waals surface area (Å²) in [6.07, 6.45) is -1.68. The molecule has 1 heterocycles. The van der Waals surface area contributed by atoms with Crippen molar-refractivity contribution in [2.75, 3.05) is 0 Å². The third-order valence-corrected chi connectivity index (χ3v) is 4.37. The van der Waals surface area contributed by atoms with Gasteiger partial charge in [0.1, 0.15) is 5.75 Å². The van der Waals surface area contributed by atoms with Crippen LogP contribution >= 0.6 is 23.2 Å². The smallest absolute Gasteiger partial charge is 0.347 e. The van der Waals surface area contributed by atoms with E-state index in [0.29, 0.717) is 21.7 Å². The maximum absolute atomic E-state index is 12.3. The molecule has 27 heavy (non-hydrogen) atoms. The van der Waals surface area contributed by atoms with Crippen molar-refractivity contribution in [2.24, 2.45) is 0 Å². The van der Waals surface area contributed by atoms with Crippen LogP contribution in [0.25, 0.3) is 10.9 Å². The van der Waals surface area contributed by atoms with E-state index in [9.17, 15) is 9.59 Å². The van der Waals surface area contributed by atoms with E-state index in [4.69, 9.17) is 32.7 Å². The molecule has 1 N–H and O–H groups in total. The predicted molar refractivity (Wildman–Crippen MR) is 103 cm³/mol. The lowest BCUT2D eigenvalue weighted by atomic mass is 10.2. The molecule has 140 valence electrons. The van der Waals surface area contributed by atoms with Gasteiger partial charge in [0.2, 0.25) is 0 Å². The van der Waals surface area contributed by atoms with Crippen LogP contribution < -0.4 is 10.3 Å². The van der Waals surface area contributed by atoms with E-state index < -0.39 is 18.2 Å². The third-order valence-electron chi connectivity index (χ3n) is 3.84. The van der Waals surface area contributed by atoms with Crippen LogP contribution in [0.2, 0.25) is 10.0 Å². The number of halogens is 2. The summed E-state index contributed by atoms with van der Waals surface area (Å²) in [7, 11) is 0. The average molecular weight is 407 g/mol. The first-order valence-electron chi connectivity index (χ1n) is 8.16. The number of fused-ring (bicyclic) bond motifs is 1. The van der Waals surface area contributed by atoms with E-state index in [0.717, 1.165) is 0 Å². The van der Waals surface area contributed by atoms with Crippen LogP contribution in [0.3, 0.4) is 0 Å². The fourth-order valence-electron chi connectivity index (χ4n) is 2.43. The zero-order valence-electron chi connectivity index (χ0n) is 14.5. The Labute approximate surface area is 165 Å². The fourth-order valence-corrected chi connectivity index (χ4v) is 2.89. The summed E-state index contributed by atoms with van der Waals surface area (Å²) in [5, 5.41) is 1.21. The average Bonchev–Trinajstić information content (AvgIpc) is 2.63. The number of H-pyrrole nitrogens is 1. The van der Waals surface area contributed by atoms with Crippen molar-refractivity contribution >= 4 is 40.1 Å². The van der Waals surface area contributed by atoms with Gasteiger partial charge in [0.15, 0.2) is 18.0 Å². The second kappa shape index (κ2) is 7.98. The molecule has 3 aromatic rings. The molecule has 0 saturated carbocycles. The predicted octanol–water partition coefficient (Wildman–Crippen LogP) is 4.30. The van der Waals surface area contributed by atoms with Crippen LogP contribution in [0.15, 0.2) is 47.3 Å². The summed E-state index contributed by atoms with van der Waals surface area (Å²) >= 11 is 11.9. The molecule has 8 heteroatoms. The molecule has 0 fully saturated rings. The fraction of sp³-hybridized carbons (Fsp3) is 0.211. The minimum atomic E-state index is -0.918. The number of hydrogen-bond donors (Lipinski definition) is 1. The van der Waals surface area contributed by atoms with E-state index in [-0.39, 0.29) is 16.4 Å². The molecule has 0 aliphatic carbocycles. The van der Waals surface area contributed by atoms with Crippen LogP contribution in [-0.4, -0.2) is 22.0 Å². The quantitative estimate of drug-likeness (QED) is 0.638. The first kappa shape index (κ1) is 19.2. The maximum atomic E-state index is 12.3. The summed E-state index contributed by atoms with van der Waals surface area (Å²) < 4.78 is 10.9. The lowest BCUT2D eigenvalue weighted by Crippen LogP contribution is -2.28. The number of esters is 1. The van der Waals surface area contributed by atoms with Gasteiger partial charge in [-0.3, -0.25) is 4.79 Å². The SMILES string of the molecule is C[C@H](OC(=O)[C@@H](C)Oc1ccc(Cl)cc1Cl)c1nc2ccccc2c(=O)[nH]1. The van der Waals surface area contributed by atoms with Gasteiger partial charge in [0.25, 0.3) is 5.56 Å². The van der Waals surface area contributed by atoms with Gasteiger partial charge in [-0.05, 0) is 44.2 Å². The summed E-state index contributed by atoms with van der Waals surface area (Å²) in [6.45, 7) is 3.16. The van der Waals surface area contributed by atoms with Gasteiger partial charge < -0.3 is 14.5 Å². The summed E-state index contributed by atoms with van der Waals surface area (Å²) in [6, 6.07) is 11.6. The van der Waals surface area contributed by atoms with E-state index in [1.165, 1.54) is 13.0 Å². The standard InChI is InChI=1S/C19H16Cl2N2O4/c1-10(17-22-15-6-4-3-5-13(15)18(24)23-17)27-19(25)11(2)26-16-8-7-12(20)9-14(16)21/h3-11H,1-2H3,(H,22,23,24)/t10-,11+/m0/s1. The zero-order valence-corrected chi connectivity index (χ0v) is 16.0. The van der Waals surface area contributed by atoms with Crippen molar-refractivity contribution < 1.29 is 14.3 Å². The summed E-state index contributed by atoms with van der Waals surface area (Å²) in [5.74, 6) is -0.0523. The number of rotatable bonds is 5. The molecule has 0 unspecified atom stereocenters. The highest BCUT2D eigenvalue weighted by atomic mass is 35.5. The number of aromatic amines is 1. The van der Waals surface area contributed by atoms with Crippen molar-refractivity contribution in [1.82, 2.24) is 9.97 Å². The first-order valence-corrected chi connectivity index (χ1v) is 8.92. The van der Waals surface area contributed by atoms with Gasteiger partial charge in [-0.25, -0.2) is 9.78 Å². The number of carbonyl (C=O) groups excluding carboxylic acids is 1. The van der Waals surface area contributed by atoms with Crippen molar-refractivity contribution in [1.29, 1.82) is 0 Å². The second-order valence-corrected chi connectivity index (χ2v) is 6.73. The van der Waals surface area contributed by atoms with Gasteiger partial charge >= 0.3 is 5.97 Å². The molecular formula is C19H16Cl2N2O4. The first-order chi connectivity index (χ1) is 12.8. The molecule has 6 nitrogen and oxygen atoms in total. The molecule has 3 rings (SSSR count). The van der Waals surface area contributed by atoms with Crippen molar-refractivity contribution in [3.05, 3.63) is 68.7 Å². The molecule has 1 aromatic heterocycles. The Morgan fingerprint density at radius 1 is 1.15 bits per heavy atom. The topological polar surface area (TPSA) is 81.3 Å². The molecule has 0 spiro atoms. The molecular weight excluding hydrogens is 391 g/mol. The van der Waals surface area contributed by atoms with Gasteiger partial charge in [0, 0.05) is 5.02 Å². The second-order valence-electron chi connectivity index (χ2n) is 5.88. The van der Waals surface area contributed by atoms with Crippen LogP contribution in [0, 0.1) is 0 Å². The number of nitrogens with one attached hydrogen (secondary N) is 1. The Hall–Kier alpha value is -2.57. The highest BCUT2D eigenvalue weighted by Gasteiger charge is 2.22. The van der Waals surface area contributed by atoms with Crippen molar-refractivity contribution in [2.45, 2.75) is 26.1 Å². The minimum Gasteiger partial charge on any atom is -0.477 e. The number of benzene rings is 2. The Bertz CT molecular complexity index is 1050. The number of ether oxygens (including phenoxy) is 2. The van der Waals surface area contributed by atoms with Crippen LogP contribution in [0.4, 0.5) is 0 Å². The highest BCUT2D eigenvalue weighted by Crippen LogP contribution is 2.28. The van der Waals surface area contributed by atoms with Crippen molar-refractivity contribution in [3.63, 3.8) is 0 Å². The Morgan fingerprint density at radius 3 is 2.63 bits per heavy atom. The Balaban J connectivity index is 1.72. The lowest BCUT2D eigenvalue weighted by molar-refractivity contribution is -0.156. The van der Waals surface area contributed by atoms with E-state index in [1.54, 1.807) is 43.3 Å². The largest absolute Gasteiger partial charge is 0.477 e. The normalized spacial score (nSPS) is 13.2. The van der Waals surface area contributed by atoms with Gasteiger partial charge in [-0.2, -0.15) is 0 Å². The maximum Gasteiger partial charge on any atom is 0.347 e. The van der Waals surface area contributed by atoms with Gasteiger partial charge in [0.05, 0.1) is 15.9 Å². The molecule has 0 aliphatic heterocycles.